The maximum absolute atomic E-state index is 6.14. The van der Waals surface area contributed by atoms with E-state index in [1.807, 2.05) is 0 Å². The third-order valence-electron chi connectivity index (χ3n) is 2.32. The number of thiazole rings is 1. The van der Waals surface area contributed by atoms with Crippen molar-refractivity contribution in [1.29, 1.82) is 0 Å². The van der Waals surface area contributed by atoms with Gasteiger partial charge in [-0.25, -0.2) is 9.97 Å². The zero-order chi connectivity index (χ0) is 12.7. The molecule has 0 aliphatic rings. The van der Waals surface area contributed by atoms with Gasteiger partial charge in [0.05, 0.1) is 20.9 Å². The van der Waals surface area contributed by atoms with Crippen LogP contribution in [0.4, 0.5) is 0 Å². The van der Waals surface area contributed by atoms with Crippen molar-refractivity contribution in [3.63, 3.8) is 0 Å². The molecule has 0 bridgehead atoms. The largest absolute Gasteiger partial charge is 0.252 e. The highest BCUT2D eigenvalue weighted by molar-refractivity contribution is 7.13. The summed E-state index contributed by atoms with van der Waals surface area (Å²) in [6.45, 7) is 0. The highest BCUT2D eigenvalue weighted by Crippen LogP contribution is 2.32. The Kier molecular flexibility index (Phi) is 3.11. The number of rotatable bonds is 1. The van der Waals surface area contributed by atoms with E-state index in [1.165, 1.54) is 11.3 Å². The molecular formula is C11H4Cl3N3S. The van der Waals surface area contributed by atoms with Crippen LogP contribution in [-0.4, -0.2) is 15.0 Å². The van der Waals surface area contributed by atoms with Crippen molar-refractivity contribution in [2.24, 2.45) is 0 Å². The van der Waals surface area contributed by atoms with Gasteiger partial charge in [0.1, 0.15) is 5.15 Å². The fourth-order valence-corrected chi connectivity index (χ4v) is 2.87. The Labute approximate surface area is 121 Å². The molecule has 0 atom stereocenters. The lowest BCUT2D eigenvalue weighted by molar-refractivity contribution is 1.23. The summed E-state index contributed by atoms with van der Waals surface area (Å²) in [5.74, 6) is 0.513. The summed E-state index contributed by atoms with van der Waals surface area (Å²) < 4.78 is 0. The standard InChI is InChI=1S/C11H4Cl3N3S/c12-5-1-6-9(7(13)2-5)16-11(17-10(6)14)8-3-15-4-18-8/h1-4H. The molecule has 0 aliphatic carbocycles. The fourth-order valence-electron chi connectivity index (χ4n) is 1.56. The van der Waals surface area contributed by atoms with Crippen molar-refractivity contribution < 1.29 is 0 Å². The van der Waals surface area contributed by atoms with Gasteiger partial charge in [-0.2, -0.15) is 0 Å². The molecule has 0 N–H and O–H groups in total. The van der Waals surface area contributed by atoms with Crippen LogP contribution in [-0.2, 0) is 0 Å². The Balaban J connectivity index is 2.34. The van der Waals surface area contributed by atoms with Crippen LogP contribution >= 0.6 is 46.1 Å². The van der Waals surface area contributed by atoms with Crippen molar-refractivity contribution in [2.45, 2.75) is 0 Å². The van der Waals surface area contributed by atoms with E-state index in [4.69, 9.17) is 34.8 Å². The van der Waals surface area contributed by atoms with Crippen LogP contribution in [0, 0.1) is 0 Å². The maximum Gasteiger partial charge on any atom is 0.173 e. The van der Waals surface area contributed by atoms with Crippen molar-refractivity contribution >= 4 is 57.0 Å². The lowest BCUT2D eigenvalue weighted by Gasteiger charge is -2.05. The van der Waals surface area contributed by atoms with Crippen LogP contribution < -0.4 is 0 Å². The number of aromatic nitrogens is 3. The molecule has 2 heterocycles. The average Bonchev–Trinajstić information content (AvgIpc) is 2.83. The fraction of sp³-hybridized carbons (Fsp3) is 0. The lowest BCUT2D eigenvalue weighted by atomic mass is 10.2. The summed E-state index contributed by atoms with van der Waals surface area (Å²) in [5, 5.41) is 1.92. The first-order valence-electron chi connectivity index (χ1n) is 4.86. The SMILES string of the molecule is Clc1cc(Cl)c2nc(-c3cncs3)nc(Cl)c2c1. The van der Waals surface area contributed by atoms with E-state index >= 15 is 0 Å². The first-order valence-corrected chi connectivity index (χ1v) is 6.87. The molecule has 3 aromatic rings. The molecule has 0 spiro atoms. The van der Waals surface area contributed by atoms with Gasteiger partial charge in [0.25, 0.3) is 0 Å². The van der Waals surface area contributed by atoms with Gasteiger partial charge >= 0.3 is 0 Å². The molecule has 90 valence electrons. The predicted octanol–water partition coefficient (Wildman–Crippen LogP) is 4.71. The van der Waals surface area contributed by atoms with Crippen LogP contribution in [0.3, 0.4) is 0 Å². The third-order valence-corrected chi connectivity index (χ3v) is 3.89. The summed E-state index contributed by atoms with van der Waals surface area (Å²) in [4.78, 5) is 13.5. The summed E-state index contributed by atoms with van der Waals surface area (Å²) in [6, 6.07) is 3.33. The molecule has 7 heteroatoms. The van der Waals surface area contributed by atoms with E-state index < -0.39 is 0 Å². The molecule has 3 nitrogen and oxygen atoms in total. The highest BCUT2D eigenvalue weighted by Gasteiger charge is 2.12. The second-order valence-electron chi connectivity index (χ2n) is 3.49. The monoisotopic (exact) mass is 315 g/mol. The minimum absolute atomic E-state index is 0.327. The second-order valence-corrected chi connectivity index (χ2v) is 5.58. The van der Waals surface area contributed by atoms with E-state index in [-0.39, 0.29) is 0 Å². The third kappa shape index (κ3) is 2.06. The number of benzene rings is 1. The van der Waals surface area contributed by atoms with Gasteiger partial charge < -0.3 is 0 Å². The molecule has 0 saturated carbocycles. The Bertz CT molecular complexity index is 728. The number of hydrogen-bond donors (Lipinski definition) is 0. The van der Waals surface area contributed by atoms with Gasteiger partial charge in [-0.05, 0) is 12.1 Å². The Hall–Kier alpha value is -0.940. The molecule has 0 amide bonds. The average molecular weight is 317 g/mol. The van der Waals surface area contributed by atoms with E-state index in [9.17, 15) is 0 Å². The van der Waals surface area contributed by atoms with Gasteiger partial charge in [-0.15, -0.1) is 11.3 Å². The molecule has 0 fully saturated rings. The van der Waals surface area contributed by atoms with Gasteiger partial charge in [0.15, 0.2) is 5.82 Å². The molecular weight excluding hydrogens is 313 g/mol. The normalized spacial score (nSPS) is 11.1. The number of hydrogen-bond acceptors (Lipinski definition) is 4. The maximum atomic E-state index is 6.14. The van der Waals surface area contributed by atoms with Crippen LogP contribution in [0.2, 0.25) is 15.2 Å². The van der Waals surface area contributed by atoms with E-state index in [2.05, 4.69) is 15.0 Å². The number of fused-ring (bicyclic) bond motifs is 1. The zero-order valence-electron chi connectivity index (χ0n) is 8.69. The Morgan fingerprint density at radius 1 is 1.06 bits per heavy atom. The first kappa shape index (κ1) is 12.1. The van der Waals surface area contributed by atoms with Crippen molar-refractivity contribution in [1.82, 2.24) is 15.0 Å². The van der Waals surface area contributed by atoms with Crippen molar-refractivity contribution in [3.05, 3.63) is 39.0 Å². The summed E-state index contributed by atoms with van der Waals surface area (Å²) in [5.41, 5.74) is 2.30. The second kappa shape index (κ2) is 4.63. The van der Waals surface area contributed by atoms with E-state index in [1.54, 1.807) is 23.8 Å². The minimum atomic E-state index is 0.327. The molecule has 0 aliphatic heterocycles. The molecule has 0 unspecified atom stereocenters. The summed E-state index contributed by atoms with van der Waals surface area (Å²) in [6.07, 6.45) is 1.69. The molecule has 3 rings (SSSR count). The van der Waals surface area contributed by atoms with Crippen LogP contribution in [0.25, 0.3) is 21.6 Å². The number of halogens is 3. The van der Waals surface area contributed by atoms with Gasteiger partial charge in [0.2, 0.25) is 0 Å². The van der Waals surface area contributed by atoms with Crippen LogP contribution in [0.5, 0.6) is 0 Å². The van der Waals surface area contributed by atoms with E-state index in [0.29, 0.717) is 31.9 Å². The molecule has 1 aromatic carbocycles. The van der Waals surface area contributed by atoms with Crippen molar-refractivity contribution in [2.75, 3.05) is 0 Å². The molecule has 18 heavy (non-hydrogen) atoms. The predicted molar refractivity (Wildman–Crippen MR) is 75.7 cm³/mol. The Morgan fingerprint density at radius 2 is 1.89 bits per heavy atom. The van der Waals surface area contributed by atoms with Gasteiger partial charge in [0, 0.05) is 16.6 Å². The lowest BCUT2D eigenvalue weighted by Crippen LogP contribution is -1.91. The van der Waals surface area contributed by atoms with Gasteiger partial charge in [-0.1, -0.05) is 34.8 Å². The quantitative estimate of drug-likeness (QED) is 0.610. The molecule has 0 saturated heterocycles. The van der Waals surface area contributed by atoms with E-state index in [0.717, 1.165) is 4.88 Å². The molecule has 2 aromatic heterocycles. The van der Waals surface area contributed by atoms with Crippen molar-refractivity contribution in [3.8, 4) is 10.7 Å². The molecule has 0 radical (unpaired) electrons. The van der Waals surface area contributed by atoms with Gasteiger partial charge in [-0.3, -0.25) is 4.98 Å². The van der Waals surface area contributed by atoms with Crippen LogP contribution in [0.15, 0.2) is 23.8 Å². The highest BCUT2D eigenvalue weighted by atomic mass is 35.5. The first-order chi connectivity index (χ1) is 8.65. The Morgan fingerprint density at radius 3 is 2.61 bits per heavy atom. The minimum Gasteiger partial charge on any atom is -0.252 e. The zero-order valence-corrected chi connectivity index (χ0v) is 11.8. The smallest absolute Gasteiger partial charge is 0.173 e. The topological polar surface area (TPSA) is 38.7 Å². The summed E-state index contributed by atoms with van der Waals surface area (Å²) in [7, 11) is 0. The number of nitrogens with zero attached hydrogens (tertiary/aromatic N) is 3. The van der Waals surface area contributed by atoms with Crippen LogP contribution in [0.1, 0.15) is 0 Å². The summed E-state index contributed by atoms with van der Waals surface area (Å²) >= 11 is 19.6.